The van der Waals surface area contributed by atoms with Crippen LogP contribution in [0.3, 0.4) is 0 Å². The number of hydrogen-bond acceptors (Lipinski definition) is 7. The summed E-state index contributed by atoms with van der Waals surface area (Å²) in [5.41, 5.74) is 6.95. The number of nitrogens with one attached hydrogen (secondary N) is 3. The first-order valence-electron chi connectivity index (χ1n) is 15.3. The molecule has 46 heavy (non-hydrogen) atoms. The molecule has 5 aromatic rings. The zero-order valence-electron chi connectivity index (χ0n) is 25.5. The number of urea groups is 1. The van der Waals surface area contributed by atoms with Gasteiger partial charge in [0.05, 0.1) is 18.8 Å². The van der Waals surface area contributed by atoms with Gasteiger partial charge < -0.3 is 25.2 Å². The summed E-state index contributed by atoms with van der Waals surface area (Å²) < 4.78 is 13.2. The van der Waals surface area contributed by atoms with Gasteiger partial charge in [-0.25, -0.2) is 9.78 Å². The Balaban J connectivity index is 1.16. The van der Waals surface area contributed by atoms with Crippen molar-refractivity contribution in [2.45, 2.75) is 50.3 Å². The van der Waals surface area contributed by atoms with Crippen LogP contribution in [-0.4, -0.2) is 38.2 Å². The van der Waals surface area contributed by atoms with Crippen LogP contribution in [0.5, 0.6) is 0 Å². The maximum atomic E-state index is 12.5. The molecule has 236 valence electrons. The van der Waals surface area contributed by atoms with E-state index in [1.165, 1.54) is 6.33 Å². The summed E-state index contributed by atoms with van der Waals surface area (Å²) in [5, 5.41) is 23.0. The molecule has 0 bridgehead atoms. The molecule has 0 spiro atoms. The second-order valence-corrected chi connectivity index (χ2v) is 12.2. The zero-order chi connectivity index (χ0) is 31.7. The lowest BCUT2D eigenvalue weighted by Gasteiger charge is -2.41. The van der Waals surface area contributed by atoms with E-state index in [2.05, 4.69) is 50.9 Å². The molecule has 0 aliphatic carbocycles. The molecule has 0 radical (unpaired) electrons. The number of aromatic amines is 1. The number of hydrogen-bond donors (Lipinski definition) is 4. The highest BCUT2D eigenvalue weighted by molar-refractivity contribution is 7.99. The fraction of sp³-hybridized carbons (Fsp3) is 0.250. The van der Waals surface area contributed by atoms with Gasteiger partial charge in [-0.15, -0.1) is 0 Å². The SMILES string of the molecule is C[C@H]1[C@@H](CSc2ncn[nH]2)O[C@@H](c2ccc(-c3ccccc3CNC(=O)NCc3ccccc3)cc2)O[C@H]1c1ccc(CO)cc1. The number of aromatic nitrogens is 3. The Morgan fingerprint density at radius 1 is 0.848 bits per heavy atom. The number of thioether (sulfide) groups is 1. The van der Waals surface area contributed by atoms with Crippen molar-refractivity contribution in [3.8, 4) is 11.1 Å². The number of carbonyl (C=O) groups excluding carboxylic acids is 1. The van der Waals surface area contributed by atoms with Crippen molar-refractivity contribution in [3.63, 3.8) is 0 Å². The summed E-state index contributed by atoms with van der Waals surface area (Å²) in [6.07, 6.45) is 0.613. The van der Waals surface area contributed by atoms with Gasteiger partial charge in [0.15, 0.2) is 11.4 Å². The van der Waals surface area contributed by atoms with Crippen molar-refractivity contribution in [1.82, 2.24) is 25.8 Å². The maximum Gasteiger partial charge on any atom is 0.315 e. The summed E-state index contributed by atoms with van der Waals surface area (Å²) in [6.45, 7) is 3.00. The van der Waals surface area contributed by atoms with Crippen LogP contribution in [0.25, 0.3) is 11.1 Å². The van der Waals surface area contributed by atoms with E-state index in [4.69, 9.17) is 9.47 Å². The van der Waals surface area contributed by atoms with Gasteiger partial charge in [0, 0.05) is 30.3 Å². The van der Waals surface area contributed by atoms with E-state index in [0.717, 1.165) is 44.1 Å². The van der Waals surface area contributed by atoms with Crippen molar-refractivity contribution in [2.24, 2.45) is 5.92 Å². The van der Waals surface area contributed by atoms with Crippen LogP contribution in [0.1, 0.15) is 47.1 Å². The predicted molar refractivity (Wildman–Crippen MR) is 177 cm³/mol. The van der Waals surface area contributed by atoms with Crippen molar-refractivity contribution in [3.05, 3.63) is 137 Å². The lowest BCUT2D eigenvalue weighted by atomic mass is 9.91. The van der Waals surface area contributed by atoms with Gasteiger partial charge >= 0.3 is 6.03 Å². The Morgan fingerprint density at radius 3 is 2.30 bits per heavy atom. The molecule has 4 aromatic carbocycles. The van der Waals surface area contributed by atoms with Crippen LogP contribution < -0.4 is 10.6 Å². The molecule has 1 aliphatic rings. The number of aliphatic hydroxyl groups is 1. The number of amides is 2. The smallest absolute Gasteiger partial charge is 0.315 e. The third-order valence-electron chi connectivity index (χ3n) is 8.15. The molecular weight excluding hydrogens is 598 g/mol. The molecule has 0 unspecified atom stereocenters. The average Bonchev–Trinajstić information content (AvgIpc) is 3.64. The number of carbonyl (C=O) groups is 1. The molecule has 4 N–H and O–H groups in total. The molecule has 6 rings (SSSR count). The van der Waals surface area contributed by atoms with Gasteiger partial charge in [0.25, 0.3) is 0 Å². The summed E-state index contributed by atoms with van der Waals surface area (Å²) in [6, 6.07) is 33.8. The highest BCUT2D eigenvalue weighted by Crippen LogP contribution is 2.43. The van der Waals surface area contributed by atoms with Crippen LogP contribution in [0.4, 0.5) is 4.79 Å². The number of benzene rings is 4. The van der Waals surface area contributed by atoms with Crippen LogP contribution in [-0.2, 0) is 29.2 Å². The summed E-state index contributed by atoms with van der Waals surface area (Å²) in [5.74, 6) is 0.744. The Bertz CT molecular complexity index is 1680. The average molecular weight is 636 g/mol. The predicted octanol–water partition coefficient (Wildman–Crippen LogP) is 6.55. The molecule has 1 fully saturated rings. The van der Waals surface area contributed by atoms with E-state index < -0.39 is 6.29 Å². The first-order chi connectivity index (χ1) is 22.6. The number of aliphatic hydroxyl groups excluding tert-OH is 1. The van der Waals surface area contributed by atoms with Gasteiger partial charge in [-0.2, -0.15) is 5.10 Å². The summed E-state index contributed by atoms with van der Waals surface area (Å²) in [4.78, 5) is 16.8. The van der Waals surface area contributed by atoms with E-state index in [9.17, 15) is 9.90 Å². The van der Waals surface area contributed by atoms with E-state index in [-0.39, 0.29) is 30.8 Å². The summed E-state index contributed by atoms with van der Waals surface area (Å²) >= 11 is 1.57. The Morgan fingerprint density at radius 2 is 1.57 bits per heavy atom. The standard InChI is InChI=1S/C36H37N5O4S/c1-24-32(22-46-36-39-23-40-41-36)44-34(45-33(24)28-13-11-26(21-42)12-14-28)29-17-15-27(16-18-29)31-10-6-5-9-30(31)20-38-35(43)37-19-25-7-3-2-4-8-25/h2-18,23-24,32-34,42H,19-22H2,1H3,(H2,37,38,43)(H,39,40,41)/t24-,32+,33+,34+/m0/s1. The number of ether oxygens (including phenoxy) is 2. The number of H-pyrrole nitrogens is 1. The monoisotopic (exact) mass is 635 g/mol. The lowest BCUT2D eigenvalue weighted by Crippen LogP contribution is -2.38. The van der Waals surface area contributed by atoms with Gasteiger partial charge in [-0.05, 0) is 33.4 Å². The molecule has 2 heterocycles. The number of nitrogens with zero attached hydrogens (tertiary/aromatic N) is 2. The molecule has 1 aliphatic heterocycles. The molecule has 4 atom stereocenters. The van der Waals surface area contributed by atoms with Crippen molar-refractivity contribution in [1.29, 1.82) is 0 Å². The van der Waals surface area contributed by atoms with E-state index in [1.54, 1.807) is 11.8 Å². The summed E-state index contributed by atoms with van der Waals surface area (Å²) in [7, 11) is 0. The molecular formula is C36H37N5O4S. The van der Waals surface area contributed by atoms with Crippen molar-refractivity contribution in [2.75, 3.05) is 5.75 Å². The Hall–Kier alpha value is -4.48. The first-order valence-corrected chi connectivity index (χ1v) is 16.3. The molecule has 2 amide bonds. The van der Waals surface area contributed by atoms with Crippen molar-refractivity contribution >= 4 is 17.8 Å². The lowest BCUT2D eigenvalue weighted by molar-refractivity contribution is -0.268. The fourth-order valence-corrected chi connectivity index (χ4v) is 6.47. The molecule has 9 nitrogen and oxygen atoms in total. The quantitative estimate of drug-likeness (QED) is 0.122. The van der Waals surface area contributed by atoms with Gasteiger partial charge in [0.2, 0.25) is 0 Å². The molecule has 0 saturated carbocycles. The third-order valence-corrected chi connectivity index (χ3v) is 9.11. The van der Waals surface area contributed by atoms with Crippen LogP contribution in [0, 0.1) is 5.92 Å². The first kappa shape index (κ1) is 31.5. The normalized spacial score (nSPS) is 19.4. The minimum atomic E-state index is -0.571. The maximum absolute atomic E-state index is 12.5. The molecule has 10 heteroatoms. The minimum absolute atomic E-state index is 0.00344. The molecule has 1 saturated heterocycles. The van der Waals surface area contributed by atoms with Gasteiger partial charge in [-0.3, -0.25) is 5.10 Å². The highest BCUT2D eigenvalue weighted by atomic mass is 32.2. The van der Waals surface area contributed by atoms with Crippen LogP contribution in [0.2, 0.25) is 0 Å². The molecule has 1 aromatic heterocycles. The van der Waals surface area contributed by atoms with Gasteiger partial charge in [0.1, 0.15) is 6.33 Å². The van der Waals surface area contributed by atoms with Crippen LogP contribution in [0.15, 0.2) is 115 Å². The largest absolute Gasteiger partial charge is 0.392 e. The third kappa shape index (κ3) is 7.83. The fourth-order valence-electron chi connectivity index (χ4n) is 5.53. The second-order valence-electron chi connectivity index (χ2n) is 11.2. The zero-order valence-corrected chi connectivity index (χ0v) is 26.3. The minimum Gasteiger partial charge on any atom is -0.392 e. The van der Waals surface area contributed by atoms with Crippen molar-refractivity contribution < 1.29 is 19.4 Å². The number of rotatable bonds is 11. The van der Waals surface area contributed by atoms with Crippen LogP contribution >= 0.6 is 11.8 Å². The van der Waals surface area contributed by atoms with E-state index >= 15 is 0 Å². The van der Waals surface area contributed by atoms with E-state index in [1.807, 2.05) is 84.9 Å². The Labute approximate surface area is 272 Å². The second kappa shape index (κ2) is 15.2. The topological polar surface area (TPSA) is 121 Å². The van der Waals surface area contributed by atoms with Gasteiger partial charge in [-0.1, -0.05) is 122 Å². The highest BCUT2D eigenvalue weighted by Gasteiger charge is 2.38. The van der Waals surface area contributed by atoms with E-state index in [0.29, 0.717) is 18.8 Å². The Kier molecular flexibility index (Phi) is 10.4.